The minimum atomic E-state index is -0.340. The standard InChI is InChI=1S/C17H25NO4/c1-12(2)5-3-6-13-11-18(9-10-22-13)17(21)16-14(19)7-4-8-15(16)20/h4,7-8,12-13,19-20H,3,5-6,9-11H2,1-2H3. The molecule has 0 bridgehead atoms. The van der Waals surface area contributed by atoms with Crippen LogP contribution in [0.25, 0.3) is 0 Å². The maximum atomic E-state index is 12.5. The molecule has 1 heterocycles. The Morgan fingerprint density at radius 2 is 2.05 bits per heavy atom. The minimum Gasteiger partial charge on any atom is -0.507 e. The van der Waals surface area contributed by atoms with Gasteiger partial charge in [0.25, 0.3) is 5.91 Å². The van der Waals surface area contributed by atoms with Crippen molar-refractivity contribution < 1.29 is 19.7 Å². The second-order valence-electron chi connectivity index (χ2n) is 6.24. The molecule has 1 aromatic rings. The number of amides is 1. The Kier molecular flexibility index (Phi) is 5.66. The summed E-state index contributed by atoms with van der Waals surface area (Å²) < 4.78 is 5.72. The molecule has 1 fully saturated rings. The second kappa shape index (κ2) is 7.49. The molecular weight excluding hydrogens is 282 g/mol. The molecule has 1 unspecified atom stereocenters. The van der Waals surface area contributed by atoms with Crippen molar-refractivity contribution >= 4 is 5.91 Å². The Labute approximate surface area is 131 Å². The Hall–Kier alpha value is -1.75. The molecular formula is C17H25NO4. The molecule has 2 rings (SSSR count). The van der Waals surface area contributed by atoms with Crippen LogP contribution in [0.4, 0.5) is 0 Å². The first-order chi connectivity index (χ1) is 10.5. The molecule has 22 heavy (non-hydrogen) atoms. The molecule has 2 N–H and O–H groups in total. The molecule has 1 aromatic carbocycles. The van der Waals surface area contributed by atoms with Crippen molar-refractivity contribution in [3.63, 3.8) is 0 Å². The lowest BCUT2D eigenvalue weighted by Crippen LogP contribution is -2.45. The summed E-state index contributed by atoms with van der Waals surface area (Å²) in [5.74, 6) is -0.0482. The summed E-state index contributed by atoms with van der Waals surface area (Å²) in [6, 6.07) is 4.33. The van der Waals surface area contributed by atoms with E-state index in [1.165, 1.54) is 18.2 Å². The van der Waals surface area contributed by atoms with Gasteiger partial charge in [-0.2, -0.15) is 0 Å². The van der Waals surface area contributed by atoms with Crippen molar-refractivity contribution in [3.05, 3.63) is 23.8 Å². The first kappa shape index (κ1) is 16.6. The summed E-state index contributed by atoms with van der Waals surface area (Å²) in [6.45, 7) is 5.86. The van der Waals surface area contributed by atoms with Crippen LogP contribution < -0.4 is 0 Å². The van der Waals surface area contributed by atoms with Crippen molar-refractivity contribution in [1.29, 1.82) is 0 Å². The van der Waals surface area contributed by atoms with Gasteiger partial charge in [0.15, 0.2) is 0 Å². The average molecular weight is 307 g/mol. The number of hydrogen-bond acceptors (Lipinski definition) is 4. The number of ether oxygens (including phenoxy) is 1. The van der Waals surface area contributed by atoms with E-state index in [1.807, 2.05) is 0 Å². The Bertz CT molecular complexity index is 495. The molecule has 0 aromatic heterocycles. The van der Waals surface area contributed by atoms with Crippen molar-refractivity contribution in [3.8, 4) is 11.5 Å². The van der Waals surface area contributed by atoms with E-state index in [1.54, 1.807) is 4.90 Å². The highest BCUT2D eigenvalue weighted by Crippen LogP contribution is 2.28. The number of carbonyl (C=O) groups excluding carboxylic acids is 1. The fourth-order valence-corrected chi connectivity index (χ4v) is 2.74. The number of nitrogens with zero attached hydrogens (tertiary/aromatic N) is 1. The van der Waals surface area contributed by atoms with Gasteiger partial charge < -0.3 is 19.8 Å². The highest BCUT2D eigenvalue weighted by atomic mass is 16.5. The SMILES string of the molecule is CC(C)CCCC1CN(C(=O)c2c(O)cccc2O)CCO1. The molecule has 5 heteroatoms. The zero-order chi connectivity index (χ0) is 16.1. The van der Waals surface area contributed by atoms with Crippen molar-refractivity contribution in [2.45, 2.75) is 39.2 Å². The van der Waals surface area contributed by atoms with E-state index in [0.717, 1.165) is 19.3 Å². The summed E-state index contributed by atoms with van der Waals surface area (Å²) in [6.07, 6.45) is 3.18. The van der Waals surface area contributed by atoms with E-state index in [2.05, 4.69) is 13.8 Å². The summed E-state index contributed by atoms with van der Waals surface area (Å²) in [4.78, 5) is 14.2. The van der Waals surface area contributed by atoms with E-state index in [0.29, 0.717) is 25.6 Å². The lowest BCUT2D eigenvalue weighted by Gasteiger charge is -2.33. The molecule has 0 aliphatic carbocycles. The van der Waals surface area contributed by atoms with Gasteiger partial charge in [0, 0.05) is 13.1 Å². The van der Waals surface area contributed by atoms with Gasteiger partial charge in [-0.25, -0.2) is 0 Å². The van der Waals surface area contributed by atoms with Crippen LogP contribution in [0.1, 0.15) is 43.5 Å². The molecule has 0 spiro atoms. The highest BCUT2D eigenvalue weighted by molar-refractivity contribution is 5.99. The van der Waals surface area contributed by atoms with E-state index in [-0.39, 0.29) is 29.1 Å². The summed E-state index contributed by atoms with van der Waals surface area (Å²) >= 11 is 0. The quantitative estimate of drug-likeness (QED) is 0.877. The molecule has 1 aliphatic heterocycles. The van der Waals surface area contributed by atoms with Gasteiger partial charge in [-0.3, -0.25) is 4.79 Å². The Morgan fingerprint density at radius 1 is 1.36 bits per heavy atom. The van der Waals surface area contributed by atoms with Gasteiger partial charge in [-0.05, 0) is 24.5 Å². The van der Waals surface area contributed by atoms with Crippen molar-refractivity contribution in [2.75, 3.05) is 19.7 Å². The van der Waals surface area contributed by atoms with Crippen LogP contribution in [0.15, 0.2) is 18.2 Å². The first-order valence-corrected chi connectivity index (χ1v) is 7.91. The molecule has 1 amide bonds. The van der Waals surface area contributed by atoms with Crippen LogP contribution in [0, 0.1) is 5.92 Å². The van der Waals surface area contributed by atoms with Gasteiger partial charge in [0.2, 0.25) is 0 Å². The lowest BCUT2D eigenvalue weighted by atomic mass is 10.0. The monoisotopic (exact) mass is 307 g/mol. The Morgan fingerprint density at radius 3 is 2.68 bits per heavy atom. The van der Waals surface area contributed by atoms with Crippen LogP contribution in [0.2, 0.25) is 0 Å². The topological polar surface area (TPSA) is 70.0 Å². The number of morpholine rings is 1. The third-order valence-electron chi connectivity index (χ3n) is 3.97. The molecule has 1 saturated heterocycles. The molecule has 0 saturated carbocycles. The fraction of sp³-hybridized carbons (Fsp3) is 0.588. The van der Waals surface area contributed by atoms with Gasteiger partial charge in [0.05, 0.1) is 12.7 Å². The zero-order valence-electron chi connectivity index (χ0n) is 13.3. The van der Waals surface area contributed by atoms with Crippen molar-refractivity contribution in [2.24, 2.45) is 5.92 Å². The van der Waals surface area contributed by atoms with Crippen LogP contribution in [0.3, 0.4) is 0 Å². The molecule has 1 atom stereocenters. The number of hydrogen-bond donors (Lipinski definition) is 2. The third kappa shape index (κ3) is 4.13. The zero-order valence-corrected chi connectivity index (χ0v) is 13.3. The maximum Gasteiger partial charge on any atom is 0.261 e. The van der Waals surface area contributed by atoms with E-state index >= 15 is 0 Å². The lowest BCUT2D eigenvalue weighted by molar-refractivity contribution is -0.0261. The molecule has 1 aliphatic rings. The van der Waals surface area contributed by atoms with Gasteiger partial charge in [-0.15, -0.1) is 0 Å². The second-order valence-corrected chi connectivity index (χ2v) is 6.24. The largest absolute Gasteiger partial charge is 0.507 e. The smallest absolute Gasteiger partial charge is 0.261 e. The molecule has 0 radical (unpaired) electrons. The van der Waals surface area contributed by atoms with E-state index in [9.17, 15) is 15.0 Å². The van der Waals surface area contributed by atoms with E-state index < -0.39 is 0 Å². The number of aromatic hydroxyl groups is 2. The van der Waals surface area contributed by atoms with Crippen LogP contribution in [0.5, 0.6) is 11.5 Å². The number of rotatable bonds is 5. The minimum absolute atomic E-state index is 0.0228. The summed E-state index contributed by atoms with van der Waals surface area (Å²) in [7, 11) is 0. The number of phenols is 2. The maximum absolute atomic E-state index is 12.5. The average Bonchev–Trinajstić information content (AvgIpc) is 2.47. The number of benzene rings is 1. The fourth-order valence-electron chi connectivity index (χ4n) is 2.74. The van der Waals surface area contributed by atoms with Crippen LogP contribution in [-0.4, -0.2) is 46.8 Å². The van der Waals surface area contributed by atoms with Gasteiger partial charge in [-0.1, -0.05) is 32.8 Å². The highest BCUT2D eigenvalue weighted by Gasteiger charge is 2.28. The summed E-state index contributed by atoms with van der Waals surface area (Å²) in [5, 5.41) is 19.6. The van der Waals surface area contributed by atoms with Crippen LogP contribution in [-0.2, 0) is 4.74 Å². The predicted octanol–water partition coefficient (Wildman–Crippen LogP) is 2.77. The molecule has 122 valence electrons. The normalized spacial score (nSPS) is 18.7. The predicted molar refractivity (Wildman–Crippen MR) is 84.1 cm³/mol. The first-order valence-electron chi connectivity index (χ1n) is 7.91. The van der Waals surface area contributed by atoms with Crippen molar-refractivity contribution in [1.82, 2.24) is 4.90 Å². The van der Waals surface area contributed by atoms with Gasteiger partial charge in [0.1, 0.15) is 17.1 Å². The number of carbonyl (C=O) groups is 1. The van der Waals surface area contributed by atoms with E-state index in [4.69, 9.17) is 4.74 Å². The number of phenolic OH excluding ortho intramolecular Hbond substituents is 2. The third-order valence-corrected chi connectivity index (χ3v) is 3.97. The van der Waals surface area contributed by atoms with Gasteiger partial charge >= 0.3 is 0 Å². The molecule has 5 nitrogen and oxygen atoms in total. The summed E-state index contributed by atoms with van der Waals surface area (Å²) in [5.41, 5.74) is -0.0228. The van der Waals surface area contributed by atoms with Crippen LogP contribution >= 0.6 is 0 Å². The Balaban J connectivity index is 1.98.